The molecule has 2 amide bonds. The van der Waals surface area contributed by atoms with E-state index in [4.69, 9.17) is 9.47 Å². The summed E-state index contributed by atoms with van der Waals surface area (Å²) < 4.78 is 10.7. The molecule has 2 aromatic rings. The number of anilines is 1. The number of benzene rings is 2. The Labute approximate surface area is 170 Å². The molecule has 0 aliphatic rings. The average molecular weight is 398 g/mol. The van der Waals surface area contributed by atoms with Crippen molar-refractivity contribution in [1.29, 1.82) is 0 Å². The molecule has 154 valence electrons. The number of likely N-dealkylation sites (N-methyl/N-ethyl adjacent to an activating group) is 1. The topological polar surface area (TPSA) is 84.9 Å². The fourth-order valence-electron chi connectivity index (χ4n) is 2.44. The maximum absolute atomic E-state index is 12.2. The van der Waals surface area contributed by atoms with Crippen LogP contribution < -0.4 is 10.1 Å². The highest BCUT2D eigenvalue weighted by Gasteiger charge is 2.22. The molecule has 29 heavy (non-hydrogen) atoms. The zero-order valence-electron chi connectivity index (χ0n) is 16.9. The standard InChI is InChI=1S/C22H26N2O5/c1-4-19(29-18-8-6-5-7-9-18)22(27)28-15-21(26)24(3)14-20(25)23-17-12-10-16(2)11-13-17/h5-13,19H,4,14-15H2,1-3H3,(H,23,25)/t19-/m1/s1. The maximum atomic E-state index is 12.2. The molecule has 2 aromatic carbocycles. The van der Waals surface area contributed by atoms with E-state index >= 15 is 0 Å². The Hall–Kier alpha value is -3.35. The Morgan fingerprint density at radius 3 is 2.31 bits per heavy atom. The van der Waals surface area contributed by atoms with Crippen molar-refractivity contribution in [1.82, 2.24) is 4.90 Å². The molecule has 0 heterocycles. The zero-order valence-corrected chi connectivity index (χ0v) is 16.9. The summed E-state index contributed by atoms with van der Waals surface area (Å²) in [4.78, 5) is 37.7. The smallest absolute Gasteiger partial charge is 0.347 e. The fourth-order valence-corrected chi connectivity index (χ4v) is 2.44. The van der Waals surface area contributed by atoms with Crippen LogP contribution in [0.5, 0.6) is 5.75 Å². The third-order valence-corrected chi connectivity index (χ3v) is 4.13. The number of nitrogens with zero attached hydrogens (tertiary/aromatic N) is 1. The number of nitrogens with one attached hydrogen (secondary N) is 1. The molecule has 0 saturated carbocycles. The van der Waals surface area contributed by atoms with Crippen LogP contribution in [0.1, 0.15) is 18.9 Å². The van der Waals surface area contributed by atoms with Crippen LogP contribution in [-0.2, 0) is 19.1 Å². The third kappa shape index (κ3) is 7.29. The normalized spacial score (nSPS) is 11.3. The van der Waals surface area contributed by atoms with Gasteiger partial charge in [-0.3, -0.25) is 9.59 Å². The van der Waals surface area contributed by atoms with Crippen LogP contribution in [0.4, 0.5) is 5.69 Å². The van der Waals surface area contributed by atoms with Gasteiger partial charge in [-0.05, 0) is 37.6 Å². The fraction of sp³-hybridized carbons (Fsp3) is 0.318. The SMILES string of the molecule is CC[C@@H](Oc1ccccc1)C(=O)OCC(=O)N(C)CC(=O)Nc1ccc(C)cc1. The molecule has 0 bridgehead atoms. The van der Waals surface area contributed by atoms with E-state index in [1.54, 1.807) is 43.3 Å². The number of hydrogen-bond acceptors (Lipinski definition) is 5. The molecule has 0 aromatic heterocycles. The third-order valence-electron chi connectivity index (χ3n) is 4.13. The van der Waals surface area contributed by atoms with Crippen molar-refractivity contribution < 1.29 is 23.9 Å². The van der Waals surface area contributed by atoms with Gasteiger partial charge in [0.25, 0.3) is 5.91 Å². The van der Waals surface area contributed by atoms with Crippen LogP contribution in [0.25, 0.3) is 0 Å². The first-order chi connectivity index (χ1) is 13.9. The van der Waals surface area contributed by atoms with E-state index in [9.17, 15) is 14.4 Å². The summed E-state index contributed by atoms with van der Waals surface area (Å²) in [5.41, 5.74) is 1.73. The largest absolute Gasteiger partial charge is 0.479 e. The highest BCUT2D eigenvalue weighted by atomic mass is 16.6. The van der Waals surface area contributed by atoms with Gasteiger partial charge in [-0.25, -0.2) is 4.79 Å². The van der Waals surface area contributed by atoms with E-state index in [2.05, 4.69) is 5.32 Å². The Balaban J connectivity index is 1.78. The van der Waals surface area contributed by atoms with Crippen molar-refractivity contribution in [2.45, 2.75) is 26.4 Å². The van der Waals surface area contributed by atoms with Crippen molar-refractivity contribution in [2.75, 3.05) is 25.5 Å². The lowest BCUT2D eigenvalue weighted by atomic mass is 10.2. The molecule has 1 atom stereocenters. The lowest BCUT2D eigenvalue weighted by Gasteiger charge is -2.19. The van der Waals surface area contributed by atoms with E-state index < -0.39 is 24.6 Å². The molecule has 0 unspecified atom stereocenters. The van der Waals surface area contributed by atoms with E-state index in [1.807, 2.05) is 25.1 Å². The van der Waals surface area contributed by atoms with Crippen LogP contribution in [0.2, 0.25) is 0 Å². The number of hydrogen-bond donors (Lipinski definition) is 1. The molecule has 7 nitrogen and oxygen atoms in total. The number of para-hydroxylation sites is 1. The number of carbonyl (C=O) groups excluding carboxylic acids is 3. The van der Waals surface area contributed by atoms with Gasteiger partial charge in [-0.2, -0.15) is 0 Å². The monoisotopic (exact) mass is 398 g/mol. The summed E-state index contributed by atoms with van der Waals surface area (Å²) in [6.45, 7) is 3.13. The van der Waals surface area contributed by atoms with Crippen LogP contribution in [0.15, 0.2) is 54.6 Å². The molecule has 0 saturated heterocycles. The molecule has 0 fully saturated rings. The molecule has 0 aliphatic carbocycles. The first kappa shape index (κ1) is 21.9. The predicted molar refractivity (Wildman–Crippen MR) is 110 cm³/mol. The van der Waals surface area contributed by atoms with Crippen LogP contribution in [0.3, 0.4) is 0 Å². The van der Waals surface area contributed by atoms with Gasteiger partial charge in [0, 0.05) is 12.7 Å². The highest BCUT2D eigenvalue weighted by Crippen LogP contribution is 2.13. The second-order valence-corrected chi connectivity index (χ2v) is 6.60. The second kappa shape index (κ2) is 10.8. The lowest BCUT2D eigenvalue weighted by molar-refractivity contribution is -0.158. The molecule has 7 heteroatoms. The van der Waals surface area contributed by atoms with Crippen molar-refractivity contribution >= 4 is 23.5 Å². The summed E-state index contributed by atoms with van der Waals surface area (Å²) in [6, 6.07) is 16.2. The van der Waals surface area contributed by atoms with E-state index in [0.717, 1.165) is 5.56 Å². The number of esters is 1. The van der Waals surface area contributed by atoms with E-state index in [0.29, 0.717) is 17.9 Å². The minimum absolute atomic E-state index is 0.151. The summed E-state index contributed by atoms with van der Waals surface area (Å²) in [5.74, 6) is -0.892. The number of carbonyl (C=O) groups is 3. The maximum Gasteiger partial charge on any atom is 0.347 e. The van der Waals surface area contributed by atoms with E-state index in [-0.39, 0.29) is 12.5 Å². The van der Waals surface area contributed by atoms with E-state index in [1.165, 1.54) is 11.9 Å². The second-order valence-electron chi connectivity index (χ2n) is 6.60. The first-order valence-corrected chi connectivity index (χ1v) is 9.38. The zero-order chi connectivity index (χ0) is 21.2. The van der Waals surface area contributed by atoms with Crippen molar-refractivity contribution in [3.8, 4) is 5.75 Å². The van der Waals surface area contributed by atoms with Crippen LogP contribution in [-0.4, -0.2) is 49.0 Å². The molecule has 0 radical (unpaired) electrons. The van der Waals surface area contributed by atoms with Gasteiger partial charge < -0.3 is 19.7 Å². The van der Waals surface area contributed by atoms with Crippen LogP contribution in [0, 0.1) is 6.92 Å². The molecule has 0 aliphatic heterocycles. The minimum atomic E-state index is -0.805. The molecular formula is C22H26N2O5. The van der Waals surface area contributed by atoms with Crippen molar-refractivity contribution in [3.05, 3.63) is 60.2 Å². The Morgan fingerprint density at radius 2 is 1.69 bits per heavy atom. The Kier molecular flexibility index (Phi) is 8.21. The van der Waals surface area contributed by atoms with Gasteiger partial charge >= 0.3 is 5.97 Å². The first-order valence-electron chi connectivity index (χ1n) is 9.38. The molecule has 0 spiro atoms. The molecular weight excluding hydrogens is 372 g/mol. The van der Waals surface area contributed by atoms with Gasteiger partial charge in [0.05, 0.1) is 6.54 Å². The van der Waals surface area contributed by atoms with Gasteiger partial charge in [0.1, 0.15) is 5.75 Å². The highest BCUT2D eigenvalue weighted by molar-refractivity contribution is 5.94. The van der Waals surface area contributed by atoms with Crippen molar-refractivity contribution in [3.63, 3.8) is 0 Å². The summed E-state index contributed by atoms with van der Waals surface area (Å²) in [6.07, 6.45) is -0.406. The van der Waals surface area contributed by atoms with Gasteiger partial charge in [-0.1, -0.05) is 42.8 Å². The van der Waals surface area contributed by atoms with Gasteiger partial charge in [0.15, 0.2) is 12.7 Å². The summed E-state index contributed by atoms with van der Waals surface area (Å²) in [5, 5.41) is 2.71. The predicted octanol–water partition coefficient (Wildman–Crippen LogP) is 2.79. The summed E-state index contributed by atoms with van der Waals surface area (Å²) in [7, 11) is 1.47. The number of amides is 2. The van der Waals surface area contributed by atoms with Crippen LogP contribution >= 0.6 is 0 Å². The summed E-state index contributed by atoms with van der Waals surface area (Å²) >= 11 is 0. The quantitative estimate of drug-likeness (QED) is 0.657. The Morgan fingerprint density at radius 1 is 1.03 bits per heavy atom. The van der Waals surface area contributed by atoms with Crippen molar-refractivity contribution in [2.24, 2.45) is 0 Å². The number of rotatable bonds is 9. The van der Waals surface area contributed by atoms with Gasteiger partial charge in [-0.15, -0.1) is 0 Å². The average Bonchev–Trinajstić information content (AvgIpc) is 2.72. The lowest BCUT2D eigenvalue weighted by Crippen LogP contribution is -2.38. The number of aryl methyl sites for hydroxylation is 1. The minimum Gasteiger partial charge on any atom is -0.479 e. The molecule has 1 N–H and O–H groups in total. The Bertz CT molecular complexity index is 821. The molecule has 2 rings (SSSR count). The number of ether oxygens (including phenoxy) is 2. The van der Waals surface area contributed by atoms with Gasteiger partial charge in [0.2, 0.25) is 5.91 Å².